The summed E-state index contributed by atoms with van der Waals surface area (Å²) >= 11 is 12.1. The molecule has 2 fully saturated rings. The lowest BCUT2D eigenvalue weighted by Gasteiger charge is -2.35. The maximum absolute atomic E-state index is 13.8. The highest BCUT2D eigenvalue weighted by Gasteiger charge is 2.64. The second-order valence-corrected chi connectivity index (χ2v) is 9.69. The van der Waals surface area contributed by atoms with E-state index in [9.17, 15) is 14.4 Å². The fourth-order valence-electron chi connectivity index (χ4n) is 5.48. The molecule has 174 valence electrons. The van der Waals surface area contributed by atoms with Gasteiger partial charge in [-0.2, -0.15) is 0 Å². The fourth-order valence-corrected chi connectivity index (χ4v) is 5.79. The van der Waals surface area contributed by atoms with Gasteiger partial charge in [-0.25, -0.2) is 4.90 Å². The van der Waals surface area contributed by atoms with E-state index in [1.807, 2.05) is 41.4 Å². The van der Waals surface area contributed by atoms with E-state index < -0.39 is 29.8 Å². The molecule has 3 amide bonds. The first-order chi connectivity index (χ1) is 16.9. The van der Waals surface area contributed by atoms with Crippen LogP contribution in [-0.4, -0.2) is 28.7 Å². The predicted molar refractivity (Wildman–Crippen MR) is 135 cm³/mol. The molecule has 6 nitrogen and oxygen atoms in total. The summed E-state index contributed by atoms with van der Waals surface area (Å²) in [6, 6.07) is 19.8. The number of hydrogen-bond acceptors (Lipinski definition) is 4. The third-order valence-electron chi connectivity index (χ3n) is 6.91. The number of nitrogens with one attached hydrogen (secondary N) is 1. The largest absolute Gasteiger partial charge is 0.357 e. The Labute approximate surface area is 211 Å². The average Bonchev–Trinajstić information content (AvgIpc) is 3.33. The van der Waals surface area contributed by atoms with Crippen molar-refractivity contribution in [3.63, 3.8) is 0 Å². The molecule has 6 rings (SSSR count). The number of carbonyl (C=O) groups is 3. The molecule has 2 saturated heterocycles. The van der Waals surface area contributed by atoms with Crippen molar-refractivity contribution < 1.29 is 14.4 Å². The molecule has 1 N–H and O–H groups in total. The highest BCUT2D eigenvalue weighted by Crippen LogP contribution is 2.53. The molecule has 0 aromatic heterocycles. The fraction of sp³-hybridized carbons (Fsp3) is 0.148. The topological polar surface area (TPSA) is 69.7 Å². The maximum atomic E-state index is 13.8. The number of nitrogens with zero attached hydrogens (tertiary/aromatic N) is 2. The molecule has 3 aromatic rings. The van der Waals surface area contributed by atoms with Crippen molar-refractivity contribution in [3.8, 4) is 0 Å². The summed E-state index contributed by atoms with van der Waals surface area (Å²) in [4.78, 5) is 44.3. The van der Waals surface area contributed by atoms with Crippen molar-refractivity contribution in [2.45, 2.75) is 12.1 Å². The van der Waals surface area contributed by atoms with Gasteiger partial charge in [0.1, 0.15) is 6.04 Å². The number of anilines is 2. The Morgan fingerprint density at radius 2 is 1.57 bits per heavy atom. The minimum atomic E-state index is -0.870. The molecule has 4 atom stereocenters. The molecular weight excluding hydrogens is 485 g/mol. The standard InChI is InChI=1S/C27H19Cl2N3O3/c28-16-8-10-18(11-9-16)30-25(33)24-22-21(23-20-7-2-1-4-15(20)12-13-31(23)24)26(34)32(27(22)35)19-6-3-5-17(29)14-19/h1-14,21-24H,(H,30,33)/t21-,22+,23-,24-/m0/s1. The Balaban J connectivity index is 1.44. The van der Waals surface area contributed by atoms with Gasteiger partial charge in [0.05, 0.1) is 23.6 Å². The van der Waals surface area contributed by atoms with Crippen LogP contribution in [0.25, 0.3) is 6.08 Å². The summed E-state index contributed by atoms with van der Waals surface area (Å²) in [5.74, 6) is -2.66. The Bertz CT molecular complexity index is 1400. The second-order valence-electron chi connectivity index (χ2n) is 8.82. The normalized spacial score (nSPS) is 24.3. The van der Waals surface area contributed by atoms with E-state index in [1.165, 1.54) is 4.90 Å². The molecule has 35 heavy (non-hydrogen) atoms. The number of amides is 3. The van der Waals surface area contributed by atoms with Gasteiger partial charge in [0.2, 0.25) is 17.7 Å². The van der Waals surface area contributed by atoms with E-state index in [0.29, 0.717) is 21.4 Å². The summed E-state index contributed by atoms with van der Waals surface area (Å²) in [7, 11) is 0. The number of carbonyl (C=O) groups excluding carboxylic acids is 3. The summed E-state index contributed by atoms with van der Waals surface area (Å²) in [6.07, 6.45) is 3.74. The average molecular weight is 504 g/mol. The van der Waals surface area contributed by atoms with Crippen LogP contribution in [0.5, 0.6) is 0 Å². The number of imide groups is 1. The summed E-state index contributed by atoms with van der Waals surface area (Å²) in [5.41, 5.74) is 2.85. The summed E-state index contributed by atoms with van der Waals surface area (Å²) in [5, 5.41) is 3.87. The van der Waals surface area contributed by atoms with Gasteiger partial charge in [0.25, 0.3) is 0 Å². The van der Waals surface area contributed by atoms with E-state index >= 15 is 0 Å². The maximum Gasteiger partial charge on any atom is 0.247 e. The van der Waals surface area contributed by atoms with Gasteiger partial charge in [0, 0.05) is 21.9 Å². The van der Waals surface area contributed by atoms with Crippen LogP contribution >= 0.6 is 23.2 Å². The van der Waals surface area contributed by atoms with E-state index in [1.54, 1.807) is 48.5 Å². The van der Waals surface area contributed by atoms with E-state index in [2.05, 4.69) is 5.32 Å². The third-order valence-corrected chi connectivity index (χ3v) is 7.40. The predicted octanol–water partition coefficient (Wildman–Crippen LogP) is 5.15. The van der Waals surface area contributed by atoms with Crippen molar-refractivity contribution in [2.75, 3.05) is 10.2 Å². The first-order valence-corrected chi connectivity index (χ1v) is 11.9. The van der Waals surface area contributed by atoms with Crippen LogP contribution in [0.15, 0.2) is 79.0 Å². The van der Waals surface area contributed by atoms with Gasteiger partial charge >= 0.3 is 0 Å². The Morgan fingerprint density at radius 3 is 2.34 bits per heavy atom. The van der Waals surface area contributed by atoms with Crippen molar-refractivity contribution in [1.29, 1.82) is 0 Å². The second kappa shape index (κ2) is 8.26. The minimum absolute atomic E-state index is 0.329. The van der Waals surface area contributed by atoms with Gasteiger partial charge in [-0.1, -0.05) is 53.5 Å². The zero-order valence-corrected chi connectivity index (χ0v) is 19.8. The number of hydrogen-bond donors (Lipinski definition) is 1. The van der Waals surface area contributed by atoms with Gasteiger partial charge < -0.3 is 10.2 Å². The van der Waals surface area contributed by atoms with Crippen LogP contribution < -0.4 is 10.2 Å². The van der Waals surface area contributed by atoms with Crippen LogP contribution in [0.3, 0.4) is 0 Å². The van der Waals surface area contributed by atoms with Crippen molar-refractivity contribution >= 4 is 58.4 Å². The van der Waals surface area contributed by atoms with Crippen LogP contribution in [0.4, 0.5) is 11.4 Å². The van der Waals surface area contributed by atoms with Crippen molar-refractivity contribution in [3.05, 3.63) is 100 Å². The van der Waals surface area contributed by atoms with Gasteiger partial charge in [-0.05, 0) is 59.7 Å². The number of rotatable bonds is 3. The smallest absolute Gasteiger partial charge is 0.247 e. The van der Waals surface area contributed by atoms with Crippen molar-refractivity contribution in [2.24, 2.45) is 11.8 Å². The molecule has 0 bridgehead atoms. The Morgan fingerprint density at radius 1 is 0.829 bits per heavy atom. The molecule has 0 radical (unpaired) electrons. The lowest BCUT2D eigenvalue weighted by molar-refractivity contribution is -0.128. The van der Waals surface area contributed by atoms with Crippen LogP contribution in [-0.2, 0) is 14.4 Å². The molecule has 3 aliphatic rings. The van der Waals surface area contributed by atoms with E-state index in [4.69, 9.17) is 23.2 Å². The molecule has 3 aromatic carbocycles. The van der Waals surface area contributed by atoms with Crippen LogP contribution in [0, 0.1) is 11.8 Å². The van der Waals surface area contributed by atoms with Crippen LogP contribution in [0.1, 0.15) is 17.2 Å². The first-order valence-electron chi connectivity index (χ1n) is 11.2. The number of benzene rings is 3. The lowest BCUT2D eigenvalue weighted by Crippen LogP contribution is -2.46. The van der Waals surface area contributed by atoms with Gasteiger partial charge in [-0.3, -0.25) is 14.4 Å². The monoisotopic (exact) mass is 503 g/mol. The summed E-state index contributed by atoms with van der Waals surface area (Å²) in [6.45, 7) is 0. The Hall–Kier alpha value is -3.61. The molecule has 0 unspecified atom stereocenters. The number of halogens is 2. The number of fused-ring (bicyclic) bond motifs is 5. The molecule has 8 heteroatoms. The van der Waals surface area contributed by atoms with E-state index in [0.717, 1.165) is 11.1 Å². The first kappa shape index (κ1) is 21.9. The minimum Gasteiger partial charge on any atom is -0.357 e. The highest BCUT2D eigenvalue weighted by molar-refractivity contribution is 6.31. The zero-order chi connectivity index (χ0) is 24.3. The Kier molecular flexibility index (Phi) is 5.16. The SMILES string of the molecule is O=C(Nc1ccc(Cl)cc1)[C@@H]1[C@@H]2C(=O)N(c3cccc(Cl)c3)C(=O)[C@@H]2[C@@H]2c3ccccc3C=CN12. The summed E-state index contributed by atoms with van der Waals surface area (Å²) < 4.78 is 0. The van der Waals surface area contributed by atoms with Crippen molar-refractivity contribution in [1.82, 2.24) is 4.90 Å². The molecule has 3 aliphatic heterocycles. The molecule has 3 heterocycles. The quantitative estimate of drug-likeness (QED) is 0.502. The lowest BCUT2D eigenvalue weighted by atomic mass is 9.84. The zero-order valence-electron chi connectivity index (χ0n) is 18.3. The third kappa shape index (κ3) is 3.44. The van der Waals surface area contributed by atoms with E-state index in [-0.39, 0.29) is 11.8 Å². The highest BCUT2D eigenvalue weighted by atomic mass is 35.5. The van der Waals surface area contributed by atoms with Crippen LogP contribution in [0.2, 0.25) is 10.0 Å². The molecular formula is C27H19Cl2N3O3. The molecule has 0 aliphatic carbocycles. The van der Waals surface area contributed by atoms with Gasteiger partial charge in [-0.15, -0.1) is 0 Å². The molecule has 0 saturated carbocycles. The molecule has 0 spiro atoms. The van der Waals surface area contributed by atoms with Gasteiger partial charge in [0.15, 0.2) is 0 Å².